The molecule has 186 valence electrons. The van der Waals surface area contributed by atoms with E-state index in [1.807, 2.05) is 58.3 Å². The van der Waals surface area contributed by atoms with E-state index in [9.17, 15) is 9.59 Å². The molecule has 8 nitrogen and oxygen atoms in total. The van der Waals surface area contributed by atoms with Crippen LogP contribution in [-0.2, 0) is 17.9 Å². The van der Waals surface area contributed by atoms with Gasteiger partial charge in [0, 0.05) is 38.3 Å². The molecule has 0 bridgehead atoms. The van der Waals surface area contributed by atoms with Crippen LogP contribution in [0.25, 0.3) is 0 Å². The third-order valence-corrected chi connectivity index (χ3v) is 8.08. The Kier molecular flexibility index (Phi) is 6.33. The lowest BCUT2D eigenvalue weighted by atomic mass is 10.1. The van der Waals surface area contributed by atoms with Crippen molar-refractivity contribution in [2.45, 2.75) is 18.5 Å². The molecule has 3 aliphatic heterocycles. The van der Waals surface area contributed by atoms with Crippen molar-refractivity contribution in [2.24, 2.45) is 0 Å². The number of ether oxygens (including phenoxy) is 2. The quantitative estimate of drug-likeness (QED) is 0.505. The van der Waals surface area contributed by atoms with Crippen LogP contribution in [0.3, 0.4) is 0 Å². The lowest BCUT2D eigenvalue weighted by molar-refractivity contribution is -0.128. The number of fused-ring (bicyclic) bond motifs is 1. The van der Waals surface area contributed by atoms with E-state index >= 15 is 0 Å². The molecule has 0 spiro atoms. The number of amides is 2. The molecule has 9 heteroatoms. The number of benzene rings is 2. The number of hydrogen-bond donors (Lipinski definition) is 0. The largest absolute Gasteiger partial charge is 0.467 e. The van der Waals surface area contributed by atoms with Crippen molar-refractivity contribution in [3.8, 4) is 11.5 Å². The van der Waals surface area contributed by atoms with Crippen molar-refractivity contribution in [1.29, 1.82) is 0 Å². The van der Waals surface area contributed by atoms with E-state index in [0.29, 0.717) is 31.0 Å². The zero-order valence-corrected chi connectivity index (χ0v) is 20.6. The molecule has 0 unspecified atom stereocenters. The highest BCUT2D eigenvalue weighted by Crippen LogP contribution is 2.39. The molecule has 4 heterocycles. The van der Waals surface area contributed by atoms with Crippen molar-refractivity contribution < 1.29 is 23.5 Å². The molecule has 6 rings (SSSR count). The van der Waals surface area contributed by atoms with Gasteiger partial charge in [-0.3, -0.25) is 14.5 Å². The lowest BCUT2D eigenvalue weighted by Gasteiger charge is -2.35. The van der Waals surface area contributed by atoms with Gasteiger partial charge in [0.25, 0.3) is 5.91 Å². The normalized spacial score (nSPS) is 19.8. The summed E-state index contributed by atoms with van der Waals surface area (Å²) in [5, 5.41) is -0.0773. The van der Waals surface area contributed by atoms with E-state index in [1.165, 1.54) is 5.56 Å². The number of rotatable bonds is 6. The first-order valence-corrected chi connectivity index (χ1v) is 13.1. The Labute approximate surface area is 213 Å². The third-order valence-electron chi connectivity index (χ3n) is 6.82. The van der Waals surface area contributed by atoms with Gasteiger partial charge in [-0.15, -0.1) is 11.8 Å². The van der Waals surface area contributed by atoms with Crippen LogP contribution >= 0.6 is 11.8 Å². The summed E-state index contributed by atoms with van der Waals surface area (Å²) in [6.45, 7) is 4.56. The van der Waals surface area contributed by atoms with Crippen LogP contribution in [0.1, 0.15) is 32.6 Å². The van der Waals surface area contributed by atoms with E-state index in [-0.39, 0.29) is 24.0 Å². The van der Waals surface area contributed by atoms with Crippen molar-refractivity contribution in [1.82, 2.24) is 14.7 Å². The zero-order valence-electron chi connectivity index (χ0n) is 19.8. The lowest BCUT2D eigenvalue weighted by Crippen LogP contribution is -2.48. The third kappa shape index (κ3) is 4.68. The van der Waals surface area contributed by atoms with Crippen molar-refractivity contribution in [3.05, 3.63) is 83.3 Å². The van der Waals surface area contributed by atoms with Gasteiger partial charge >= 0.3 is 0 Å². The summed E-state index contributed by atoms with van der Waals surface area (Å²) in [7, 11) is 0. The minimum absolute atomic E-state index is 0.0480. The summed E-state index contributed by atoms with van der Waals surface area (Å²) in [5.41, 5.74) is 2.87. The molecular formula is C27H27N3O5S. The molecule has 2 saturated heterocycles. The maximum Gasteiger partial charge on any atom is 0.253 e. The van der Waals surface area contributed by atoms with Gasteiger partial charge in [-0.2, -0.15) is 0 Å². The van der Waals surface area contributed by atoms with Gasteiger partial charge < -0.3 is 23.7 Å². The molecule has 0 aliphatic carbocycles. The average Bonchev–Trinajstić information content (AvgIpc) is 3.67. The second-order valence-electron chi connectivity index (χ2n) is 9.14. The number of furan rings is 1. The standard InChI is InChI=1S/C27H27N3O5S/c31-25-17-36-27(30(25)16-22-2-1-13-33-22)21-6-4-20(5-7-21)26(32)29-11-9-28(10-12-29)15-19-3-8-23-24(14-19)35-18-34-23/h1-8,13-14,27H,9-12,15-18H2/t27-/m1/s1. The summed E-state index contributed by atoms with van der Waals surface area (Å²) in [6.07, 6.45) is 1.62. The number of carbonyl (C=O) groups is 2. The molecule has 3 aliphatic rings. The highest BCUT2D eigenvalue weighted by molar-refractivity contribution is 8.00. The molecule has 0 radical (unpaired) electrons. The van der Waals surface area contributed by atoms with E-state index < -0.39 is 0 Å². The van der Waals surface area contributed by atoms with E-state index in [1.54, 1.807) is 18.0 Å². The van der Waals surface area contributed by atoms with Gasteiger partial charge in [-0.1, -0.05) is 18.2 Å². The summed E-state index contributed by atoms with van der Waals surface area (Å²) in [4.78, 5) is 31.7. The van der Waals surface area contributed by atoms with Crippen LogP contribution in [0.15, 0.2) is 65.3 Å². The van der Waals surface area contributed by atoms with Gasteiger partial charge in [0.2, 0.25) is 12.7 Å². The summed E-state index contributed by atoms with van der Waals surface area (Å²) in [5.74, 6) is 2.95. The molecule has 2 amide bonds. The number of thioether (sulfide) groups is 1. The Balaban J connectivity index is 1.05. The summed E-state index contributed by atoms with van der Waals surface area (Å²) in [6, 6.07) is 17.5. The molecule has 2 fully saturated rings. The van der Waals surface area contributed by atoms with Gasteiger partial charge in [-0.05, 0) is 47.5 Å². The minimum Gasteiger partial charge on any atom is -0.467 e. The first-order chi connectivity index (χ1) is 17.6. The van der Waals surface area contributed by atoms with Gasteiger partial charge in [0.1, 0.15) is 11.1 Å². The maximum absolute atomic E-state index is 13.1. The zero-order chi connectivity index (χ0) is 24.5. The maximum atomic E-state index is 13.1. The highest BCUT2D eigenvalue weighted by Gasteiger charge is 2.33. The molecule has 2 aromatic carbocycles. The van der Waals surface area contributed by atoms with Crippen LogP contribution in [-0.4, -0.2) is 65.2 Å². The Morgan fingerprint density at radius 2 is 1.75 bits per heavy atom. The van der Waals surface area contributed by atoms with Crippen LogP contribution in [0.5, 0.6) is 11.5 Å². The molecule has 1 aromatic heterocycles. The Bertz CT molecular complexity index is 1240. The first kappa shape index (κ1) is 23.0. The van der Waals surface area contributed by atoms with Gasteiger partial charge in [0.15, 0.2) is 11.5 Å². The fourth-order valence-electron chi connectivity index (χ4n) is 4.85. The Morgan fingerprint density at radius 1 is 0.944 bits per heavy atom. The smallest absolute Gasteiger partial charge is 0.253 e. The van der Waals surface area contributed by atoms with Crippen LogP contribution < -0.4 is 9.47 Å². The number of hydrogen-bond acceptors (Lipinski definition) is 7. The predicted molar refractivity (Wildman–Crippen MR) is 135 cm³/mol. The fourth-order valence-corrected chi connectivity index (χ4v) is 6.04. The summed E-state index contributed by atoms with van der Waals surface area (Å²) < 4.78 is 16.3. The SMILES string of the molecule is O=C(c1ccc([C@H]2SCC(=O)N2Cc2ccco2)cc1)N1CCN(Cc2ccc3c(c2)OCO3)CC1. The van der Waals surface area contributed by atoms with Crippen LogP contribution in [0, 0.1) is 0 Å². The molecule has 3 aromatic rings. The Morgan fingerprint density at radius 3 is 2.53 bits per heavy atom. The average molecular weight is 506 g/mol. The van der Waals surface area contributed by atoms with Crippen molar-refractivity contribution in [2.75, 3.05) is 38.7 Å². The first-order valence-electron chi connectivity index (χ1n) is 12.1. The fraction of sp³-hybridized carbons (Fsp3) is 0.333. The Hall–Kier alpha value is -3.43. The second kappa shape index (κ2) is 9.91. The minimum atomic E-state index is -0.0773. The van der Waals surface area contributed by atoms with Gasteiger partial charge in [0.05, 0.1) is 18.6 Å². The van der Waals surface area contributed by atoms with E-state index in [4.69, 9.17) is 13.9 Å². The highest BCUT2D eigenvalue weighted by atomic mass is 32.2. The topological polar surface area (TPSA) is 75.5 Å². The molecule has 1 atom stereocenters. The molecule has 0 N–H and O–H groups in total. The molecular weight excluding hydrogens is 478 g/mol. The van der Waals surface area contributed by atoms with Crippen LogP contribution in [0.4, 0.5) is 0 Å². The second-order valence-corrected chi connectivity index (χ2v) is 10.2. The van der Waals surface area contributed by atoms with Crippen molar-refractivity contribution >= 4 is 23.6 Å². The van der Waals surface area contributed by atoms with Crippen molar-refractivity contribution in [3.63, 3.8) is 0 Å². The number of piperazine rings is 1. The van der Waals surface area contributed by atoms with E-state index in [0.717, 1.165) is 42.5 Å². The summed E-state index contributed by atoms with van der Waals surface area (Å²) >= 11 is 1.60. The van der Waals surface area contributed by atoms with E-state index in [2.05, 4.69) is 11.0 Å². The van der Waals surface area contributed by atoms with Crippen LogP contribution in [0.2, 0.25) is 0 Å². The molecule has 0 saturated carbocycles. The van der Waals surface area contributed by atoms with Gasteiger partial charge in [-0.25, -0.2) is 0 Å². The number of carbonyl (C=O) groups excluding carboxylic acids is 2. The molecule has 36 heavy (non-hydrogen) atoms. The number of nitrogens with zero attached hydrogens (tertiary/aromatic N) is 3. The monoisotopic (exact) mass is 505 g/mol. The predicted octanol–water partition coefficient (Wildman–Crippen LogP) is 3.74.